The molecule has 0 fully saturated rings. The van der Waals surface area contributed by atoms with Gasteiger partial charge in [0.15, 0.2) is 0 Å². The summed E-state index contributed by atoms with van der Waals surface area (Å²) in [6.45, 7) is 4.79. The predicted molar refractivity (Wildman–Crippen MR) is 116 cm³/mol. The average Bonchev–Trinajstić information content (AvgIpc) is 3.22. The van der Waals surface area contributed by atoms with Gasteiger partial charge < -0.3 is 13.8 Å². The second-order valence-electron chi connectivity index (χ2n) is 6.66. The highest BCUT2D eigenvalue weighted by molar-refractivity contribution is 6.42. The SMILES string of the molecule is C=CCn1cc(Cn2oc(=O)[nH]c2=O)c2cc(OCc3ccc(Cl)c(Cl)c3)ccc21. The molecule has 0 atom stereocenters. The van der Waals surface area contributed by atoms with E-state index < -0.39 is 11.4 Å². The van der Waals surface area contributed by atoms with Gasteiger partial charge in [0.1, 0.15) is 12.4 Å². The van der Waals surface area contributed by atoms with Crippen LogP contribution in [-0.4, -0.2) is 14.3 Å². The molecule has 154 valence electrons. The lowest BCUT2D eigenvalue weighted by Gasteiger charge is -2.08. The van der Waals surface area contributed by atoms with Gasteiger partial charge >= 0.3 is 11.4 Å². The third-order valence-corrected chi connectivity index (χ3v) is 5.33. The number of ether oxygens (including phenoxy) is 1. The van der Waals surface area contributed by atoms with Crippen molar-refractivity contribution < 1.29 is 9.26 Å². The minimum Gasteiger partial charge on any atom is -0.489 e. The Kier molecular flexibility index (Phi) is 5.57. The largest absolute Gasteiger partial charge is 0.489 e. The molecule has 30 heavy (non-hydrogen) atoms. The smallest absolute Gasteiger partial charge is 0.440 e. The second-order valence-corrected chi connectivity index (χ2v) is 7.47. The molecule has 0 saturated carbocycles. The highest BCUT2D eigenvalue weighted by atomic mass is 35.5. The van der Waals surface area contributed by atoms with E-state index in [-0.39, 0.29) is 6.54 Å². The number of rotatable bonds is 7. The molecule has 0 amide bonds. The summed E-state index contributed by atoms with van der Waals surface area (Å²) in [6, 6.07) is 11.0. The second kappa shape index (κ2) is 8.30. The van der Waals surface area contributed by atoms with Crippen LogP contribution >= 0.6 is 23.2 Å². The molecule has 0 unspecified atom stereocenters. The predicted octanol–water partition coefficient (Wildman–Crippen LogP) is 4.20. The highest BCUT2D eigenvalue weighted by Gasteiger charge is 2.13. The van der Waals surface area contributed by atoms with Crippen molar-refractivity contribution in [3.8, 4) is 5.75 Å². The molecule has 4 aromatic rings. The lowest BCUT2D eigenvalue weighted by Crippen LogP contribution is -2.17. The summed E-state index contributed by atoms with van der Waals surface area (Å²) in [6.07, 6.45) is 3.68. The molecule has 0 spiro atoms. The van der Waals surface area contributed by atoms with E-state index in [4.69, 9.17) is 32.5 Å². The average molecular weight is 446 g/mol. The number of hydrogen-bond acceptors (Lipinski definition) is 4. The van der Waals surface area contributed by atoms with Gasteiger partial charge in [-0.3, -0.25) is 0 Å². The number of nitrogens with zero attached hydrogens (tertiary/aromatic N) is 2. The molecule has 2 heterocycles. The normalized spacial score (nSPS) is 11.1. The molecule has 4 rings (SSSR count). The van der Waals surface area contributed by atoms with Gasteiger partial charge in [0.25, 0.3) is 0 Å². The molecule has 0 radical (unpaired) electrons. The lowest BCUT2D eigenvalue weighted by molar-refractivity contribution is 0.258. The van der Waals surface area contributed by atoms with Gasteiger partial charge in [-0.25, -0.2) is 14.6 Å². The Morgan fingerprint density at radius 2 is 1.97 bits per heavy atom. The van der Waals surface area contributed by atoms with E-state index in [1.54, 1.807) is 18.2 Å². The van der Waals surface area contributed by atoms with Crippen LogP contribution < -0.4 is 16.2 Å². The summed E-state index contributed by atoms with van der Waals surface area (Å²) in [5.41, 5.74) is 2.03. The van der Waals surface area contributed by atoms with Gasteiger partial charge in [0.05, 0.1) is 16.6 Å². The van der Waals surface area contributed by atoms with Gasteiger partial charge in [0.2, 0.25) is 0 Å². The van der Waals surface area contributed by atoms with E-state index in [1.165, 1.54) is 0 Å². The maximum Gasteiger partial charge on any atom is 0.440 e. The molecule has 1 N–H and O–H groups in total. The first-order valence-electron chi connectivity index (χ1n) is 9.04. The zero-order chi connectivity index (χ0) is 21.3. The Morgan fingerprint density at radius 3 is 2.67 bits per heavy atom. The van der Waals surface area contributed by atoms with Crippen LogP contribution in [0, 0.1) is 0 Å². The van der Waals surface area contributed by atoms with Crippen molar-refractivity contribution in [2.24, 2.45) is 0 Å². The fourth-order valence-electron chi connectivity index (χ4n) is 3.22. The third kappa shape index (κ3) is 4.08. The first kappa shape index (κ1) is 20.1. The van der Waals surface area contributed by atoms with Crippen molar-refractivity contribution in [2.45, 2.75) is 19.7 Å². The highest BCUT2D eigenvalue weighted by Crippen LogP contribution is 2.28. The fourth-order valence-corrected chi connectivity index (χ4v) is 3.55. The van der Waals surface area contributed by atoms with Gasteiger partial charge in [-0.05, 0) is 35.9 Å². The Balaban J connectivity index is 1.66. The van der Waals surface area contributed by atoms with Gasteiger partial charge in [-0.1, -0.05) is 35.3 Å². The van der Waals surface area contributed by atoms with Crippen LogP contribution in [0.4, 0.5) is 0 Å². The van der Waals surface area contributed by atoms with Crippen molar-refractivity contribution in [2.75, 3.05) is 0 Å². The maximum absolute atomic E-state index is 11.8. The van der Waals surface area contributed by atoms with Crippen molar-refractivity contribution in [1.29, 1.82) is 0 Å². The Labute approximate surface area is 180 Å². The Morgan fingerprint density at radius 1 is 1.13 bits per heavy atom. The third-order valence-electron chi connectivity index (χ3n) is 4.59. The molecule has 2 aromatic carbocycles. The van der Waals surface area contributed by atoms with Crippen LogP contribution in [0.5, 0.6) is 5.75 Å². The Bertz CT molecular complexity index is 1350. The fraction of sp³-hybridized carbons (Fsp3) is 0.143. The number of aromatic nitrogens is 3. The minimum absolute atomic E-state index is 0.106. The first-order valence-corrected chi connectivity index (χ1v) is 9.80. The quantitative estimate of drug-likeness (QED) is 0.432. The van der Waals surface area contributed by atoms with Crippen LogP contribution in [-0.2, 0) is 19.7 Å². The lowest BCUT2D eigenvalue weighted by atomic mass is 10.1. The van der Waals surface area contributed by atoms with E-state index in [0.717, 1.165) is 26.8 Å². The van der Waals surface area contributed by atoms with E-state index in [0.29, 0.717) is 28.9 Å². The summed E-state index contributed by atoms with van der Waals surface area (Å²) in [5, 5.41) is 1.83. The summed E-state index contributed by atoms with van der Waals surface area (Å²) in [4.78, 5) is 25.2. The van der Waals surface area contributed by atoms with E-state index >= 15 is 0 Å². The molecular formula is C21H17Cl2N3O4. The number of fused-ring (bicyclic) bond motifs is 1. The topological polar surface area (TPSA) is 82.2 Å². The maximum atomic E-state index is 11.8. The van der Waals surface area contributed by atoms with Crippen molar-refractivity contribution in [3.63, 3.8) is 0 Å². The zero-order valence-electron chi connectivity index (χ0n) is 15.7. The summed E-state index contributed by atoms with van der Waals surface area (Å²) >= 11 is 12.0. The standard InChI is InChI=1S/C21H17Cl2N3O4/c1-2-7-25-10-14(11-26-20(27)24-21(28)30-26)16-9-15(4-6-19(16)25)29-12-13-3-5-17(22)18(23)8-13/h2-6,8-10H,1,7,11-12H2,(H,24,27,28). The zero-order valence-corrected chi connectivity index (χ0v) is 17.2. The first-order chi connectivity index (χ1) is 14.4. The van der Waals surface area contributed by atoms with E-state index in [1.807, 2.05) is 35.0 Å². The van der Waals surface area contributed by atoms with Crippen molar-refractivity contribution in [1.82, 2.24) is 14.3 Å². The van der Waals surface area contributed by atoms with Crippen molar-refractivity contribution >= 4 is 34.1 Å². The van der Waals surface area contributed by atoms with Crippen LogP contribution in [0.15, 0.2) is 69.4 Å². The monoisotopic (exact) mass is 445 g/mol. The number of allylic oxidation sites excluding steroid dienone is 1. The van der Waals surface area contributed by atoms with Crippen LogP contribution in [0.1, 0.15) is 11.1 Å². The Hall–Kier alpha value is -3.16. The van der Waals surface area contributed by atoms with Crippen LogP contribution in [0.2, 0.25) is 10.0 Å². The molecule has 0 saturated heterocycles. The number of H-pyrrole nitrogens is 1. The van der Waals surface area contributed by atoms with Gasteiger partial charge in [0, 0.05) is 29.2 Å². The summed E-state index contributed by atoms with van der Waals surface area (Å²) in [7, 11) is 0. The number of nitrogens with one attached hydrogen (secondary N) is 1. The molecule has 0 aliphatic carbocycles. The molecule has 0 aliphatic rings. The summed E-state index contributed by atoms with van der Waals surface area (Å²) in [5.74, 6) is -0.144. The van der Waals surface area contributed by atoms with Crippen molar-refractivity contribution in [3.05, 3.63) is 97.5 Å². The van der Waals surface area contributed by atoms with Gasteiger partial charge in [-0.15, -0.1) is 11.3 Å². The number of aromatic amines is 1. The van der Waals surface area contributed by atoms with Gasteiger partial charge in [-0.2, -0.15) is 0 Å². The number of hydrogen-bond donors (Lipinski definition) is 1. The van der Waals surface area contributed by atoms with E-state index in [2.05, 4.69) is 11.6 Å². The molecule has 0 bridgehead atoms. The van der Waals surface area contributed by atoms with Crippen LogP contribution in [0.3, 0.4) is 0 Å². The molecular weight excluding hydrogens is 429 g/mol. The number of halogens is 2. The molecule has 0 aliphatic heterocycles. The molecule has 2 aromatic heterocycles. The summed E-state index contributed by atoms with van der Waals surface area (Å²) < 4.78 is 13.8. The molecule has 7 nitrogen and oxygen atoms in total. The van der Waals surface area contributed by atoms with Crippen LogP contribution in [0.25, 0.3) is 10.9 Å². The van der Waals surface area contributed by atoms with E-state index in [9.17, 15) is 9.59 Å². The molecule has 9 heteroatoms. The number of benzene rings is 2. The minimum atomic E-state index is -0.791.